The van der Waals surface area contributed by atoms with Crippen LogP contribution >= 0.6 is 15.9 Å². The van der Waals surface area contributed by atoms with Gasteiger partial charge < -0.3 is 9.84 Å². The largest absolute Gasteiger partial charge is 0.494 e. The molecule has 0 amide bonds. The van der Waals surface area contributed by atoms with Crippen LogP contribution in [-0.4, -0.2) is 12.2 Å². The number of ether oxygens (including phenoxy) is 1. The van der Waals surface area contributed by atoms with Gasteiger partial charge in [-0.2, -0.15) is 0 Å². The van der Waals surface area contributed by atoms with E-state index in [4.69, 9.17) is 4.74 Å². The van der Waals surface area contributed by atoms with Crippen molar-refractivity contribution < 1.29 is 18.6 Å². The van der Waals surface area contributed by atoms with Crippen molar-refractivity contribution in [1.29, 1.82) is 0 Å². The second kappa shape index (κ2) is 5.67. The second-order valence-corrected chi connectivity index (χ2v) is 4.79. The van der Waals surface area contributed by atoms with Crippen LogP contribution in [0.4, 0.5) is 8.78 Å². The SMILES string of the molecule is COc1ccc(C(O)c2c(F)cccc2Br)cc1F. The Balaban J connectivity index is 2.44. The third kappa shape index (κ3) is 2.77. The van der Waals surface area contributed by atoms with E-state index in [0.29, 0.717) is 4.47 Å². The summed E-state index contributed by atoms with van der Waals surface area (Å²) < 4.78 is 32.5. The van der Waals surface area contributed by atoms with E-state index in [0.717, 1.165) is 6.07 Å². The van der Waals surface area contributed by atoms with Crippen LogP contribution in [0.3, 0.4) is 0 Å². The summed E-state index contributed by atoms with van der Waals surface area (Å²) in [6.45, 7) is 0. The lowest BCUT2D eigenvalue weighted by atomic mass is 10.0. The zero-order valence-electron chi connectivity index (χ0n) is 10.0. The number of benzene rings is 2. The van der Waals surface area contributed by atoms with Crippen LogP contribution in [-0.2, 0) is 0 Å². The Morgan fingerprint density at radius 2 is 1.89 bits per heavy atom. The first-order valence-electron chi connectivity index (χ1n) is 5.50. The maximum absolute atomic E-state index is 13.7. The quantitative estimate of drug-likeness (QED) is 0.928. The third-order valence-corrected chi connectivity index (χ3v) is 3.46. The summed E-state index contributed by atoms with van der Waals surface area (Å²) in [5.41, 5.74) is 0.330. The number of hydrogen-bond acceptors (Lipinski definition) is 2. The molecular formula is C14H11BrF2O2. The maximum atomic E-state index is 13.7. The van der Waals surface area contributed by atoms with E-state index >= 15 is 0 Å². The van der Waals surface area contributed by atoms with Gasteiger partial charge in [-0.05, 0) is 29.8 Å². The van der Waals surface area contributed by atoms with Crippen LogP contribution in [0.1, 0.15) is 17.2 Å². The topological polar surface area (TPSA) is 29.5 Å². The first-order chi connectivity index (χ1) is 9.04. The van der Waals surface area contributed by atoms with Gasteiger partial charge in [0, 0.05) is 10.0 Å². The Morgan fingerprint density at radius 1 is 1.16 bits per heavy atom. The number of aliphatic hydroxyl groups excluding tert-OH is 1. The van der Waals surface area contributed by atoms with E-state index < -0.39 is 17.7 Å². The highest BCUT2D eigenvalue weighted by molar-refractivity contribution is 9.10. The van der Waals surface area contributed by atoms with Crippen molar-refractivity contribution >= 4 is 15.9 Å². The Morgan fingerprint density at radius 3 is 2.47 bits per heavy atom. The highest BCUT2D eigenvalue weighted by Crippen LogP contribution is 2.32. The molecule has 1 unspecified atom stereocenters. The van der Waals surface area contributed by atoms with Crippen molar-refractivity contribution in [3.63, 3.8) is 0 Å². The molecule has 0 saturated carbocycles. The number of methoxy groups -OCH3 is 1. The van der Waals surface area contributed by atoms with Crippen molar-refractivity contribution in [2.75, 3.05) is 7.11 Å². The Kier molecular flexibility index (Phi) is 4.17. The molecule has 0 saturated heterocycles. The molecule has 2 aromatic rings. The molecular weight excluding hydrogens is 318 g/mol. The van der Waals surface area contributed by atoms with Crippen LogP contribution in [0, 0.1) is 11.6 Å². The van der Waals surface area contributed by atoms with Crippen molar-refractivity contribution in [2.24, 2.45) is 0 Å². The van der Waals surface area contributed by atoms with Gasteiger partial charge in [0.2, 0.25) is 0 Å². The number of rotatable bonds is 3. The minimum absolute atomic E-state index is 0.0727. The average Bonchev–Trinajstić information content (AvgIpc) is 2.38. The summed E-state index contributed by atoms with van der Waals surface area (Å²) >= 11 is 3.17. The van der Waals surface area contributed by atoms with E-state index in [9.17, 15) is 13.9 Å². The second-order valence-electron chi connectivity index (χ2n) is 3.93. The molecule has 19 heavy (non-hydrogen) atoms. The minimum atomic E-state index is -1.25. The molecule has 100 valence electrons. The average molecular weight is 329 g/mol. The minimum Gasteiger partial charge on any atom is -0.494 e. The van der Waals surface area contributed by atoms with Gasteiger partial charge in [0.15, 0.2) is 11.6 Å². The molecule has 0 aliphatic rings. The Bertz CT molecular complexity index is 582. The molecule has 0 aliphatic carbocycles. The van der Waals surface area contributed by atoms with E-state index in [2.05, 4.69) is 15.9 Å². The van der Waals surface area contributed by atoms with Crippen molar-refractivity contribution in [2.45, 2.75) is 6.10 Å². The van der Waals surface area contributed by atoms with Gasteiger partial charge in [0.1, 0.15) is 11.9 Å². The van der Waals surface area contributed by atoms with Crippen molar-refractivity contribution in [3.05, 3.63) is 63.6 Å². The first-order valence-corrected chi connectivity index (χ1v) is 6.29. The molecule has 0 bridgehead atoms. The fourth-order valence-corrected chi connectivity index (χ4v) is 2.35. The monoisotopic (exact) mass is 328 g/mol. The fourth-order valence-electron chi connectivity index (χ4n) is 1.79. The molecule has 1 N–H and O–H groups in total. The van der Waals surface area contributed by atoms with Crippen LogP contribution in [0.5, 0.6) is 5.75 Å². The van der Waals surface area contributed by atoms with E-state index in [-0.39, 0.29) is 16.9 Å². The molecule has 0 fully saturated rings. The molecule has 1 atom stereocenters. The normalized spacial score (nSPS) is 12.3. The van der Waals surface area contributed by atoms with E-state index in [1.165, 1.54) is 31.4 Å². The van der Waals surface area contributed by atoms with Gasteiger partial charge in [-0.25, -0.2) is 8.78 Å². The van der Waals surface area contributed by atoms with E-state index in [1.807, 2.05) is 0 Å². The summed E-state index contributed by atoms with van der Waals surface area (Å²) in [6.07, 6.45) is -1.25. The molecule has 2 aromatic carbocycles. The standard InChI is InChI=1S/C14H11BrF2O2/c1-19-12-6-5-8(7-11(12)17)14(18)13-9(15)3-2-4-10(13)16/h2-7,14,18H,1H3. The lowest BCUT2D eigenvalue weighted by Gasteiger charge is -2.15. The van der Waals surface area contributed by atoms with Gasteiger partial charge in [-0.3, -0.25) is 0 Å². The molecule has 2 nitrogen and oxygen atoms in total. The number of halogens is 3. The van der Waals surface area contributed by atoms with Crippen molar-refractivity contribution in [1.82, 2.24) is 0 Å². The molecule has 0 aromatic heterocycles. The number of aliphatic hydroxyl groups is 1. The van der Waals surface area contributed by atoms with Gasteiger partial charge in [0.25, 0.3) is 0 Å². The van der Waals surface area contributed by atoms with Crippen LogP contribution in [0.15, 0.2) is 40.9 Å². The Hall–Kier alpha value is -1.46. The van der Waals surface area contributed by atoms with Crippen LogP contribution < -0.4 is 4.74 Å². The molecule has 0 radical (unpaired) electrons. The smallest absolute Gasteiger partial charge is 0.165 e. The summed E-state index contributed by atoms with van der Waals surface area (Å²) in [5.74, 6) is -1.09. The zero-order chi connectivity index (χ0) is 14.0. The lowest BCUT2D eigenvalue weighted by Crippen LogP contribution is -2.04. The van der Waals surface area contributed by atoms with Crippen LogP contribution in [0.25, 0.3) is 0 Å². The molecule has 0 heterocycles. The zero-order valence-corrected chi connectivity index (χ0v) is 11.6. The lowest BCUT2D eigenvalue weighted by molar-refractivity contribution is 0.213. The third-order valence-electron chi connectivity index (χ3n) is 2.76. The Labute approximate surface area is 117 Å². The predicted molar refractivity (Wildman–Crippen MR) is 71.1 cm³/mol. The summed E-state index contributed by atoms with van der Waals surface area (Å²) in [4.78, 5) is 0. The predicted octanol–water partition coefficient (Wildman–Crippen LogP) is 3.82. The molecule has 2 rings (SSSR count). The molecule has 0 spiro atoms. The highest BCUT2D eigenvalue weighted by Gasteiger charge is 2.19. The highest BCUT2D eigenvalue weighted by atomic mass is 79.9. The van der Waals surface area contributed by atoms with Gasteiger partial charge >= 0.3 is 0 Å². The first kappa shape index (κ1) is 14.0. The maximum Gasteiger partial charge on any atom is 0.165 e. The van der Waals surface area contributed by atoms with Gasteiger partial charge in [-0.15, -0.1) is 0 Å². The molecule has 0 aliphatic heterocycles. The summed E-state index contributed by atoms with van der Waals surface area (Å²) in [5, 5.41) is 10.2. The van der Waals surface area contributed by atoms with Crippen LogP contribution in [0.2, 0.25) is 0 Å². The van der Waals surface area contributed by atoms with Gasteiger partial charge in [0.05, 0.1) is 7.11 Å². The molecule has 5 heteroatoms. The fraction of sp³-hybridized carbons (Fsp3) is 0.143. The van der Waals surface area contributed by atoms with Gasteiger partial charge in [-0.1, -0.05) is 28.1 Å². The number of hydrogen-bond donors (Lipinski definition) is 1. The van der Waals surface area contributed by atoms with Crippen molar-refractivity contribution in [3.8, 4) is 5.75 Å². The van der Waals surface area contributed by atoms with E-state index in [1.54, 1.807) is 6.07 Å². The summed E-state index contributed by atoms with van der Waals surface area (Å²) in [6, 6.07) is 8.38. The summed E-state index contributed by atoms with van der Waals surface area (Å²) in [7, 11) is 1.35.